The number of nitrogens with one attached hydrogen (secondary N) is 2. The second kappa shape index (κ2) is 5.97. The molecule has 1 heterocycles. The van der Waals surface area contributed by atoms with Gasteiger partial charge in [0.05, 0.1) is 6.20 Å². The lowest BCUT2D eigenvalue weighted by Crippen LogP contribution is -2.34. The first kappa shape index (κ1) is 14.7. The van der Waals surface area contributed by atoms with Crippen molar-refractivity contribution in [3.8, 4) is 0 Å². The fraction of sp³-hybridized carbons (Fsp3) is 0.700. The number of aromatic amines is 1. The predicted octanol–water partition coefficient (Wildman–Crippen LogP) is 1.89. The van der Waals surface area contributed by atoms with Crippen LogP contribution in [0.1, 0.15) is 26.7 Å². The van der Waals surface area contributed by atoms with Gasteiger partial charge in [-0.3, -0.25) is 5.10 Å². The van der Waals surface area contributed by atoms with E-state index in [0.29, 0.717) is 6.54 Å². The fourth-order valence-corrected chi connectivity index (χ4v) is 2.82. The number of sulfonamides is 1. The van der Waals surface area contributed by atoms with Crippen molar-refractivity contribution in [2.75, 3.05) is 11.9 Å². The van der Waals surface area contributed by atoms with Gasteiger partial charge in [0.25, 0.3) is 10.0 Å². The first-order chi connectivity index (χ1) is 7.87. The zero-order valence-electron chi connectivity index (χ0n) is 10.0. The van der Waals surface area contributed by atoms with Gasteiger partial charge in [0.1, 0.15) is 0 Å². The van der Waals surface area contributed by atoms with Crippen LogP contribution in [0.15, 0.2) is 17.3 Å². The first-order valence-corrected chi connectivity index (χ1v) is 8.03. The molecule has 0 saturated carbocycles. The summed E-state index contributed by atoms with van der Waals surface area (Å²) in [5, 5.41) is 7.12. The summed E-state index contributed by atoms with van der Waals surface area (Å²) < 4.78 is 26.2. The monoisotopic (exact) mass is 323 g/mol. The van der Waals surface area contributed by atoms with E-state index in [1.165, 1.54) is 12.3 Å². The van der Waals surface area contributed by atoms with Gasteiger partial charge in [-0.15, -0.1) is 0 Å². The van der Waals surface area contributed by atoms with Gasteiger partial charge >= 0.3 is 0 Å². The Bertz CT molecular complexity index is 428. The van der Waals surface area contributed by atoms with Gasteiger partial charge < -0.3 is 0 Å². The van der Waals surface area contributed by atoms with Crippen molar-refractivity contribution in [3.05, 3.63) is 12.3 Å². The number of alkyl halides is 1. The third-order valence-corrected chi connectivity index (χ3v) is 4.38. The molecule has 0 aromatic carbocycles. The fourth-order valence-electron chi connectivity index (χ4n) is 1.39. The van der Waals surface area contributed by atoms with Gasteiger partial charge in [-0.1, -0.05) is 29.8 Å². The maximum atomic E-state index is 11.8. The van der Waals surface area contributed by atoms with E-state index in [0.717, 1.165) is 18.2 Å². The lowest BCUT2D eigenvalue weighted by Gasteiger charge is -2.24. The van der Waals surface area contributed by atoms with Crippen molar-refractivity contribution >= 4 is 26.0 Å². The van der Waals surface area contributed by atoms with E-state index in [4.69, 9.17) is 0 Å². The molecule has 0 fully saturated rings. The highest BCUT2D eigenvalue weighted by Crippen LogP contribution is 2.22. The summed E-state index contributed by atoms with van der Waals surface area (Å²) in [5.41, 5.74) is -0.0547. The molecule has 0 bridgehead atoms. The Morgan fingerprint density at radius 1 is 1.53 bits per heavy atom. The topological polar surface area (TPSA) is 74.8 Å². The van der Waals surface area contributed by atoms with Crippen LogP contribution in [0.5, 0.6) is 0 Å². The van der Waals surface area contributed by atoms with Crippen LogP contribution in [0.3, 0.4) is 0 Å². The minimum atomic E-state index is -3.45. The number of rotatable bonds is 7. The molecule has 0 amide bonds. The molecule has 0 aliphatic heterocycles. The van der Waals surface area contributed by atoms with E-state index in [1.54, 1.807) is 0 Å². The molecule has 0 spiro atoms. The predicted molar refractivity (Wildman–Crippen MR) is 70.6 cm³/mol. The first-order valence-electron chi connectivity index (χ1n) is 5.42. The molecule has 0 aliphatic rings. The summed E-state index contributed by atoms with van der Waals surface area (Å²) in [6.45, 7) is 4.51. The number of H-pyrrole nitrogens is 1. The molecule has 2 N–H and O–H groups in total. The molecule has 0 saturated heterocycles. The van der Waals surface area contributed by atoms with Crippen LogP contribution in [0, 0.1) is 5.41 Å². The lowest BCUT2D eigenvalue weighted by molar-refractivity contribution is 0.332. The van der Waals surface area contributed by atoms with Crippen molar-refractivity contribution in [2.24, 2.45) is 5.41 Å². The Balaban J connectivity index is 2.56. The van der Waals surface area contributed by atoms with Crippen molar-refractivity contribution in [1.82, 2.24) is 14.9 Å². The lowest BCUT2D eigenvalue weighted by atomic mass is 9.88. The molecule has 5 nitrogen and oxygen atoms in total. The standard InChI is InChI=1S/C10H18BrN3O2S/c1-10(2,5-3-6-11)8-13-17(15,16)9-4-7-12-14-9/h4,7,13H,3,5-6,8H2,1-2H3,(H,12,14). The van der Waals surface area contributed by atoms with Gasteiger partial charge in [-0.25, -0.2) is 13.1 Å². The van der Waals surface area contributed by atoms with Crippen LogP contribution in [0.25, 0.3) is 0 Å². The average Bonchev–Trinajstić information content (AvgIpc) is 2.78. The molecule has 1 aromatic heterocycles. The Hall–Kier alpha value is -0.400. The summed E-state index contributed by atoms with van der Waals surface area (Å²) in [4.78, 5) is 0. The summed E-state index contributed by atoms with van der Waals surface area (Å²) in [6.07, 6.45) is 3.41. The summed E-state index contributed by atoms with van der Waals surface area (Å²) in [5.74, 6) is 0. The van der Waals surface area contributed by atoms with E-state index in [1.807, 2.05) is 13.8 Å². The maximum Gasteiger partial charge on any atom is 0.257 e. The Morgan fingerprint density at radius 2 is 2.24 bits per heavy atom. The Labute approximate surface area is 111 Å². The minimum absolute atomic E-state index is 0.0547. The Morgan fingerprint density at radius 3 is 2.76 bits per heavy atom. The van der Waals surface area contributed by atoms with Crippen LogP contribution in [-0.2, 0) is 10.0 Å². The molecule has 1 aromatic rings. The number of aromatic nitrogens is 2. The Kier molecular flexibility index (Phi) is 5.15. The second-order valence-corrected chi connectivity index (χ2v) is 7.23. The quantitative estimate of drug-likeness (QED) is 0.752. The largest absolute Gasteiger partial charge is 0.266 e. The minimum Gasteiger partial charge on any atom is -0.266 e. The smallest absolute Gasteiger partial charge is 0.257 e. The molecule has 0 aliphatic carbocycles. The highest BCUT2D eigenvalue weighted by atomic mass is 79.9. The zero-order chi connectivity index (χ0) is 12.9. The molecule has 0 radical (unpaired) electrons. The summed E-state index contributed by atoms with van der Waals surface area (Å²) in [7, 11) is -3.45. The highest BCUT2D eigenvalue weighted by molar-refractivity contribution is 9.09. The van der Waals surface area contributed by atoms with Crippen LogP contribution in [-0.4, -0.2) is 30.5 Å². The molecular weight excluding hydrogens is 306 g/mol. The van der Waals surface area contributed by atoms with Gasteiger partial charge in [0.2, 0.25) is 0 Å². The van der Waals surface area contributed by atoms with Gasteiger partial charge in [-0.2, -0.15) is 5.10 Å². The average molecular weight is 324 g/mol. The second-order valence-electron chi connectivity index (χ2n) is 4.70. The summed E-state index contributed by atoms with van der Waals surface area (Å²) in [6, 6.07) is 1.44. The van der Waals surface area contributed by atoms with E-state index in [2.05, 4.69) is 30.8 Å². The normalized spacial score (nSPS) is 12.9. The molecule has 17 heavy (non-hydrogen) atoms. The van der Waals surface area contributed by atoms with Crippen molar-refractivity contribution in [3.63, 3.8) is 0 Å². The zero-order valence-corrected chi connectivity index (χ0v) is 12.4. The third kappa shape index (κ3) is 4.77. The maximum absolute atomic E-state index is 11.8. The van der Waals surface area contributed by atoms with Crippen molar-refractivity contribution < 1.29 is 8.42 Å². The van der Waals surface area contributed by atoms with Crippen LogP contribution < -0.4 is 4.72 Å². The number of halogens is 1. The number of hydrogen-bond acceptors (Lipinski definition) is 3. The van der Waals surface area contributed by atoms with E-state index < -0.39 is 10.0 Å². The molecule has 0 atom stereocenters. The van der Waals surface area contributed by atoms with E-state index >= 15 is 0 Å². The van der Waals surface area contributed by atoms with Crippen LogP contribution >= 0.6 is 15.9 Å². The summed E-state index contributed by atoms with van der Waals surface area (Å²) >= 11 is 3.37. The van der Waals surface area contributed by atoms with Crippen molar-refractivity contribution in [1.29, 1.82) is 0 Å². The van der Waals surface area contributed by atoms with E-state index in [9.17, 15) is 8.42 Å². The highest BCUT2D eigenvalue weighted by Gasteiger charge is 2.22. The number of hydrogen-bond donors (Lipinski definition) is 2. The number of nitrogens with zero attached hydrogens (tertiary/aromatic N) is 1. The molecule has 7 heteroatoms. The van der Waals surface area contributed by atoms with Gasteiger partial charge in [0.15, 0.2) is 5.03 Å². The van der Waals surface area contributed by atoms with Crippen molar-refractivity contribution in [2.45, 2.75) is 31.7 Å². The molecular formula is C10H18BrN3O2S. The SMILES string of the molecule is CC(C)(CCCBr)CNS(=O)(=O)c1ccn[nH]1. The van der Waals surface area contributed by atoms with E-state index in [-0.39, 0.29) is 10.4 Å². The van der Waals surface area contributed by atoms with Crippen LogP contribution in [0.2, 0.25) is 0 Å². The molecule has 98 valence electrons. The third-order valence-electron chi connectivity index (χ3n) is 2.49. The molecule has 0 unspecified atom stereocenters. The van der Waals surface area contributed by atoms with Gasteiger partial charge in [-0.05, 0) is 24.3 Å². The van der Waals surface area contributed by atoms with Crippen LogP contribution in [0.4, 0.5) is 0 Å². The van der Waals surface area contributed by atoms with Gasteiger partial charge in [0, 0.05) is 11.9 Å². The molecule has 1 rings (SSSR count).